The van der Waals surface area contributed by atoms with E-state index in [-0.39, 0.29) is 11.5 Å². The Morgan fingerprint density at radius 3 is 2.35 bits per heavy atom. The number of ether oxygens (including phenoxy) is 1. The number of benzene rings is 1. The van der Waals surface area contributed by atoms with E-state index in [9.17, 15) is 13.2 Å². The van der Waals surface area contributed by atoms with Crippen LogP contribution in [-0.2, 0) is 10.9 Å². The van der Waals surface area contributed by atoms with Crippen LogP contribution in [0.5, 0.6) is 0 Å². The zero-order valence-electron chi connectivity index (χ0n) is 12.0. The summed E-state index contributed by atoms with van der Waals surface area (Å²) in [6.45, 7) is 8.03. The highest BCUT2D eigenvalue weighted by atomic mass is 19.4. The molecule has 0 unspecified atom stereocenters. The van der Waals surface area contributed by atoms with E-state index in [2.05, 4.69) is 4.99 Å². The summed E-state index contributed by atoms with van der Waals surface area (Å²) in [6.07, 6.45) is -4.33. The van der Waals surface area contributed by atoms with Gasteiger partial charge >= 0.3 is 6.18 Å². The standard InChI is InChI=1S/C15H18F3NO/c1-9(2)12-7-10(15(16,17)18)5-6-11(12)13-19-14(3,4)8-20-13/h5-7,9H,8H2,1-4H3. The lowest BCUT2D eigenvalue weighted by molar-refractivity contribution is -0.137. The minimum Gasteiger partial charge on any atom is -0.475 e. The lowest BCUT2D eigenvalue weighted by atomic mass is 9.94. The fourth-order valence-electron chi connectivity index (χ4n) is 2.13. The van der Waals surface area contributed by atoms with Crippen LogP contribution in [0.1, 0.15) is 50.3 Å². The zero-order chi connectivity index (χ0) is 15.1. The van der Waals surface area contributed by atoms with Gasteiger partial charge in [0.1, 0.15) is 6.61 Å². The molecule has 0 aliphatic carbocycles. The molecule has 0 N–H and O–H groups in total. The number of hydrogen-bond acceptors (Lipinski definition) is 2. The lowest BCUT2D eigenvalue weighted by Gasteiger charge is -2.15. The molecule has 0 atom stereocenters. The van der Waals surface area contributed by atoms with E-state index >= 15 is 0 Å². The predicted octanol–water partition coefficient (Wildman–Crippen LogP) is 4.38. The first kappa shape index (κ1) is 14.9. The first-order valence-electron chi connectivity index (χ1n) is 6.54. The van der Waals surface area contributed by atoms with Gasteiger partial charge in [-0.15, -0.1) is 0 Å². The molecule has 0 amide bonds. The number of aliphatic imine (C=N–C) groups is 1. The Morgan fingerprint density at radius 1 is 1.25 bits per heavy atom. The largest absolute Gasteiger partial charge is 0.475 e. The second kappa shape index (κ2) is 4.79. The van der Waals surface area contributed by atoms with E-state index in [1.807, 2.05) is 27.7 Å². The summed E-state index contributed by atoms with van der Waals surface area (Å²) in [5.74, 6) is 0.398. The Hall–Kier alpha value is -1.52. The van der Waals surface area contributed by atoms with Crippen molar-refractivity contribution in [2.75, 3.05) is 6.61 Å². The van der Waals surface area contributed by atoms with Crippen LogP contribution in [0.25, 0.3) is 0 Å². The molecule has 5 heteroatoms. The monoisotopic (exact) mass is 285 g/mol. The fraction of sp³-hybridized carbons (Fsp3) is 0.533. The molecule has 110 valence electrons. The molecular formula is C15H18F3NO. The molecule has 2 rings (SSSR count). The van der Waals surface area contributed by atoms with Crippen molar-refractivity contribution in [3.05, 3.63) is 34.9 Å². The molecule has 0 fully saturated rings. The second-order valence-corrected chi connectivity index (χ2v) is 5.97. The van der Waals surface area contributed by atoms with Crippen molar-refractivity contribution in [2.24, 2.45) is 4.99 Å². The third-order valence-electron chi connectivity index (χ3n) is 3.20. The summed E-state index contributed by atoms with van der Waals surface area (Å²) in [6, 6.07) is 3.73. The zero-order valence-corrected chi connectivity index (χ0v) is 12.0. The maximum atomic E-state index is 12.8. The topological polar surface area (TPSA) is 21.6 Å². The molecule has 1 aromatic rings. The Balaban J connectivity index is 2.50. The van der Waals surface area contributed by atoms with Gasteiger partial charge < -0.3 is 4.74 Å². The molecule has 1 heterocycles. The van der Waals surface area contributed by atoms with Crippen molar-refractivity contribution in [2.45, 2.75) is 45.3 Å². The first-order valence-corrected chi connectivity index (χ1v) is 6.54. The number of alkyl halides is 3. The second-order valence-electron chi connectivity index (χ2n) is 5.97. The quantitative estimate of drug-likeness (QED) is 0.790. The minimum absolute atomic E-state index is 0.0395. The SMILES string of the molecule is CC(C)c1cc(C(F)(F)F)ccc1C1=NC(C)(C)CO1. The molecule has 1 aliphatic rings. The summed E-state index contributed by atoms with van der Waals surface area (Å²) in [5.41, 5.74) is 0.296. The van der Waals surface area contributed by atoms with Crippen LogP contribution in [-0.4, -0.2) is 18.0 Å². The molecular weight excluding hydrogens is 267 g/mol. The molecule has 1 aromatic carbocycles. The highest BCUT2D eigenvalue weighted by molar-refractivity contribution is 5.97. The third kappa shape index (κ3) is 2.97. The van der Waals surface area contributed by atoms with Crippen molar-refractivity contribution in [3.63, 3.8) is 0 Å². The smallest absolute Gasteiger partial charge is 0.416 e. The highest BCUT2D eigenvalue weighted by Gasteiger charge is 2.33. The normalized spacial score (nSPS) is 18.1. The first-order chi connectivity index (χ1) is 9.10. The molecule has 0 bridgehead atoms. The van der Waals surface area contributed by atoms with Crippen LogP contribution in [0.4, 0.5) is 13.2 Å². The predicted molar refractivity (Wildman–Crippen MR) is 72.1 cm³/mol. The number of hydrogen-bond donors (Lipinski definition) is 0. The third-order valence-corrected chi connectivity index (χ3v) is 3.20. The molecule has 0 radical (unpaired) electrons. The van der Waals surface area contributed by atoms with Crippen LogP contribution in [0, 0.1) is 0 Å². The molecule has 2 nitrogen and oxygen atoms in total. The van der Waals surface area contributed by atoms with E-state index in [1.54, 1.807) is 0 Å². The van der Waals surface area contributed by atoms with Gasteiger partial charge in [-0.25, -0.2) is 4.99 Å². The van der Waals surface area contributed by atoms with Gasteiger partial charge in [-0.2, -0.15) is 13.2 Å². The number of rotatable bonds is 2. The average molecular weight is 285 g/mol. The molecule has 0 saturated heterocycles. The number of nitrogens with zero attached hydrogens (tertiary/aromatic N) is 1. The van der Waals surface area contributed by atoms with Crippen molar-refractivity contribution in [3.8, 4) is 0 Å². The van der Waals surface area contributed by atoms with Gasteiger partial charge in [0, 0.05) is 5.56 Å². The summed E-state index contributed by atoms with van der Waals surface area (Å²) < 4.78 is 43.9. The fourth-order valence-corrected chi connectivity index (χ4v) is 2.13. The molecule has 1 aliphatic heterocycles. The van der Waals surface area contributed by atoms with Gasteiger partial charge in [0.05, 0.1) is 11.1 Å². The molecule has 20 heavy (non-hydrogen) atoms. The van der Waals surface area contributed by atoms with Crippen LogP contribution in [0.15, 0.2) is 23.2 Å². The van der Waals surface area contributed by atoms with Crippen molar-refractivity contribution < 1.29 is 17.9 Å². The molecule has 0 saturated carbocycles. The van der Waals surface area contributed by atoms with E-state index in [0.717, 1.165) is 6.07 Å². The van der Waals surface area contributed by atoms with Crippen LogP contribution in [0.3, 0.4) is 0 Å². The van der Waals surface area contributed by atoms with Gasteiger partial charge in [-0.05, 0) is 43.5 Å². The number of halogens is 3. The van der Waals surface area contributed by atoms with Crippen LogP contribution >= 0.6 is 0 Å². The van der Waals surface area contributed by atoms with E-state index in [1.165, 1.54) is 12.1 Å². The van der Waals surface area contributed by atoms with Crippen molar-refractivity contribution in [1.29, 1.82) is 0 Å². The van der Waals surface area contributed by atoms with Crippen molar-refractivity contribution in [1.82, 2.24) is 0 Å². The van der Waals surface area contributed by atoms with E-state index in [4.69, 9.17) is 4.74 Å². The van der Waals surface area contributed by atoms with Gasteiger partial charge in [0.15, 0.2) is 0 Å². The molecule has 0 aromatic heterocycles. The molecule has 0 spiro atoms. The van der Waals surface area contributed by atoms with Gasteiger partial charge in [0.25, 0.3) is 0 Å². The Bertz CT molecular complexity index is 545. The summed E-state index contributed by atoms with van der Waals surface area (Å²) in [4.78, 5) is 4.44. The lowest BCUT2D eigenvalue weighted by Crippen LogP contribution is -2.17. The Kier molecular flexibility index (Phi) is 3.56. The summed E-state index contributed by atoms with van der Waals surface area (Å²) in [7, 11) is 0. The van der Waals surface area contributed by atoms with Gasteiger partial charge in [-0.3, -0.25) is 0 Å². The van der Waals surface area contributed by atoms with E-state index < -0.39 is 11.7 Å². The summed E-state index contributed by atoms with van der Waals surface area (Å²) in [5, 5.41) is 0. The van der Waals surface area contributed by atoms with E-state index in [0.29, 0.717) is 23.6 Å². The highest BCUT2D eigenvalue weighted by Crippen LogP contribution is 2.34. The Labute approximate surface area is 116 Å². The Morgan fingerprint density at radius 2 is 1.90 bits per heavy atom. The maximum absolute atomic E-state index is 12.8. The van der Waals surface area contributed by atoms with Gasteiger partial charge in [-0.1, -0.05) is 13.8 Å². The van der Waals surface area contributed by atoms with Crippen LogP contribution in [0.2, 0.25) is 0 Å². The average Bonchev–Trinajstić information content (AvgIpc) is 2.67. The minimum atomic E-state index is -4.33. The summed E-state index contributed by atoms with van der Waals surface area (Å²) >= 11 is 0. The van der Waals surface area contributed by atoms with Gasteiger partial charge in [0.2, 0.25) is 5.90 Å². The van der Waals surface area contributed by atoms with Crippen molar-refractivity contribution >= 4 is 5.90 Å². The van der Waals surface area contributed by atoms with Crippen LogP contribution < -0.4 is 0 Å². The maximum Gasteiger partial charge on any atom is 0.416 e.